The van der Waals surface area contributed by atoms with Gasteiger partial charge in [0, 0.05) is 38.8 Å². The van der Waals surface area contributed by atoms with E-state index in [4.69, 9.17) is 19.0 Å². The molecule has 0 radical (unpaired) electrons. The van der Waals surface area contributed by atoms with Crippen LogP contribution in [0.25, 0.3) is 0 Å². The lowest BCUT2D eigenvalue weighted by Gasteiger charge is -2.50. The quantitative estimate of drug-likeness (QED) is 0.125. The van der Waals surface area contributed by atoms with Gasteiger partial charge in [-0.1, -0.05) is 25.8 Å². The number of hydrogen-bond donors (Lipinski definition) is 3. The molecule has 5 rings (SSSR count). The van der Waals surface area contributed by atoms with Gasteiger partial charge in [0.1, 0.15) is 5.75 Å². The second-order valence-electron chi connectivity index (χ2n) is 14.9. The summed E-state index contributed by atoms with van der Waals surface area (Å²) in [7, 11) is 0. The number of hydroxylamine groups is 2. The molecule has 0 aromatic heterocycles. The maximum atomic E-state index is 12.3. The second-order valence-corrected chi connectivity index (χ2v) is 14.9. The molecule has 4 amide bonds. The molecule has 1 aliphatic heterocycles. The van der Waals surface area contributed by atoms with Crippen molar-refractivity contribution in [2.45, 2.75) is 115 Å². The van der Waals surface area contributed by atoms with Crippen LogP contribution < -0.4 is 15.4 Å². The molecule has 1 aromatic carbocycles. The van der Waals surface area contributed by atoms with Crippen molar-refractivity contribution in [1.82, 2.24) is 15.7 Å². The highest BCUT2D eigenvalue weighted by molar-refractivity contribution is 6.01. The lowest BCUT2D eigenvalue weighted by molar-refractivity contribution is -0.197. The fourth-order valence-electron chi connectivity index (χ4n) is 8.62. The van der Waals surface area contributed by atoms with Gasteiger partial charge in [-0.05, 0) is 97.8 Å². The Hall–Kier alpha value is -3.55. The molecule has 0 bridgehead atoms. The summed E-state index contributed by atoms with van der Waals surface area (Å²) in [5.74, 6) is 0.942. The summed E-state index contributed by atoms with van der Waals surface area (Å²) >= 11 is 0. The first kappa shape index (κ1) is 39.7. The summed E-state index contributed by atoms with van der Waals surface area (Å²) in [6.45, 7) is 4.92. The maximum absolute atomic E-state index is 12.3. The van der Waals surface area contributed by atoms with Gasteiger partial charge in [-0.25, -0.2) is 4.79 Å². The Morgan fingerprint density at radius 3 is 2.19 bits per heavy atom. The van der Waals surface area contributed by atoms with Crippen LogP contribution in [-0.2, 0) is 44.7 Å². The summed E-state index contributed by atoms with van der Waals surface area (Å²) in [6.07, 6.45) is 10.0. The maximum Gasteiger partial charge on any atom is 0.333 e. The van der Waals surface area contributed by atoms with E-state index in [9.17, 15) is 29.1 Å². The van der Waals surface area contributed by atoms with Crippen molar-refractivity contribution in [3.8, 4) is 5.75 Å². The van der Waals surface area contributed by atoms with Gasteiger partial charge in [0.25, 0.3) is 11.8 Å². The number of nitrogens with zero attached hydrogens (tertiary/aromatic N) is 1. The normalized spacial score (nSPS) is 24.9. The first-order valence-electron chi connectivity index (χ1n) is 19.3. The van der Waals surface area contributed by atoms with E-state index in [1.165, 1.54) is 17.5 Å². The molecule has 3 N–H and O–H groups in total. The van der Waals surface area contributed by atoms with Gasteiger partial charge in [0.05, 0.1) is 45.6 Å². The molecule has 1 aromatic rings. The third-order valence-electron chi connectivity index (χ3n) is 11.5. The van der Waals surface area contributed by atoms with Crippen molar-refractivity contribution >= 4 is 29.6 Å². The van der Waals surface area contributed by atoms with E-state index in [-0.39, 0.29) is 49.0 Å². The number of ether oxygens (including phenoxy) is 3. The molecule has 1 heterocycles. The van der Waals surface area contributed by atoms with Crippen LogP contribution in [0.5, 0.6) is 5.75 Å². The number of carbonyl (C=O) groups is 5. The lowest BCUT2D eigenvalue weighted by Crippen LogP contribution is -2.43. The van der Waals surface area contributed by atoms with Crippen LogP contribution in [0.3, 0.4) is 0 Å². The zero-order valence-electron chi connectivity index (χ0n) is 30.7. The van der Waals surface area contributed by atoms with Gasteiger partial charge in [-0.2, -0.15) is 0 Å². The average Bonchev–Trinajstić information content (AvgIpc) is 3.62. The van der Waals surface area contributed by atoms with Gasteiger partial charge >= 0.3 is 5.97 Å². The van der Waals surface area contributed by atoms with E-state index in [1.807, 2.05) is 6.07 Å². The van der Waals surface area contributed by atoms with Crippen LogP contribution in [0.2, 0.25) is 0 Å². The highest BCUT2D eigenvalue weighted by Crippen LogP contribution is 2.60. The molecule has 5 unspecified atom stereocenters. The second kappa shape index (κ2) is 19.5. The Morgan fingerprint density at radius 2 is 1.48 bits per heavy atom. The van der Waals surface area contributed by atoms with Gasteiger partial charge in [-0.15, -0.1) is 5.06 Å². The molecule has 3 fully saturated rings. The highest BCUT2D eigenvalue weighted by atomic mass is 16.7. The zero-order chi connectivity index (χ0) is 36.9. The fraction of sp³-hybridized carbons (Fsp3) is 0.718. The highest BCUT2D eigenvalue weighted by Gasteiger charge is 2.54. The Bertz CT molecular complexity index is 1390. The molecular formula is C39H57N3O10. The third kappa shape index (κ3) is 10.8. The number of amides is 4. The number of fused-ring (bicyclic) bond motifs is 5. The Kier molecular flexibility index (Phi) is 14.9. The number of aryl methyl sites for hydroxylation is 1. The average molecular weight is 728 g/mol. The van der Waals surface area contributed by atoms with E-state index in [0.29, 0.717) is 88.2 Å². The Labute approximate surface area is 306 Å². The molecule has 3 aliphatic carbocycles. The number of aliphatic hydroxyl groups is 1. The van der Waals surface area contributed by atoms with Crippen molar-refractivity contribution in [1.29, 1.82) is 0 Å². The van der Waals surface area contributed by atoms with Crippen molar-refractivity contribution in [3.63, 3.8) is 0 Å². The first-order valence-corrected chi connectivity index (χ1v) is 19.3. The molecule has 4 aliphatic rings. The lowest BCUT2D eigenvalue weighted by atomic mass is 9.55. The molecule has 13 heteroatoms. The summed E-state index contributed by atoms with van der Waals surface area (Å²) in [5.41, 5.74) is 2.91. The number of carbonyl (C=O) groups excluding carboxylic acids is 5. The third-order valence-corrected chi connectivity index (χ3v) is 11.5. The minimum atomic E-state index is -0.603. The fourth-order valence-corrected chi connectivity index (χ4v) is 8.62. The standard InChI is InChI=1S/C39H57N3O10/c1-39-18-16-30-29-11-9-28(26-27(29)8-10-31(30)32(39)12-13-33(39)43)51-21-17-35(45)41-20-23-50-25-24-49-22-19-40-34(44)6-4-2-3-5-7-38(48)52-42-36(46)14-15-37(42)47/h9,11,26,30-33,43H,2-8,10,12-25H2,1H3,(H,40,44)(H,41,45). The van der Waals surface area contributed by atoms with E-state index in [2.05, 4.69) is 29.7 Å². The SMILES string of the molecule is CC12CCC3c4ccc(OCCC(=O)NCCOCCOCCNC(=O)CCCCCCC(=O)ON5C(=O)CCC5=O)cc4CCC3C1CCC2O. The molecule has 52 heavy (non-hydrogen) atoms. The van der Waals surface area contributed by atoms with E-state index in [0.717, 1.165) is 50.7 Å². The minimum absolute atomic E-state index is 0.0643. The molecule has 13 nitrogen and oxygen atoms in total. The summed E-state index contributed by atoms with van der Waals surface area (Å²) < 4.78 is 17.0. The van der Waals surface area contributed by atoms with E-state index < -0.39 is 17.8 Å². The van der Waals surface area contributed by atoms with Crippen molar-refractivity contribution < 1.29 is 48.1 Å². The van der Waals surface area contributed by atoms with Crippen LogP contribution in [0, 0.1) is 17.3 Å². The summed E-state index contributed by atoms with van der Waals surface area (Å²) in [5, 5.41) is 16.9. The summed E-state index contributed by atoms with van der Waals surface area (Å²) in [6, 6.07) is 6.44. The van der Waals surface area contributed by atoms with Crippen molar-refractivity contribution in [2.75, 3.05) is 46.1 Å². The smallest absolute Gasteiger partial charge is 0.333 e. The van der Waals surface area contributed by atoms with Gasteiger partial charge in [0.15, 0.2) is 0 Å². The predicted molar refractivity (Wildman–Crippen MR) is 190 cm³/mol. The number of unbranched alkanes of at least 4 members (excludes halogenated alkanes) is 3. The molecule has 0 spiro atoms. The topological polar surface area (TPSA) is 170 Å². The predicted octanol–water partition coefficient (Wildman–Crippen LogP) is 3.89. The monoisotopic (exact) mass is 727 g/mol. The number of hydrogen-bond acceptors (Lipinski definition) is 10. The first-order chi connectivity index (χ1) is 25.2. The van der Waals surface area contributed by atoms with Crippen LogP contribution in [0.4, 0.5) is 0 Å². The van der Waals surface area contributed by atoms with Crippen LogP contribution in [-0.4, -0.2) is 92.0 Å². The van der Waals surface area contributed by atoms with Crippen LogP contribution in [0.1, 0.15) is 114 Å². The Balaban J connectivity index is 0.804. The summed E-state index contributed by atoms with van der Waals surface area (Å²) in [4.78, 5) is 63.8. The Morgan fingerprint density at radius 1 is 0.808 bits per heavy atom. The number of aliphatic hydroxyl groups excluding tert-OH is 1. The van der Waals surface area contributed by atoms with Gasteiger partial charge in [-0.3, -0.25) is 19.2 Å². The number of nitrogens with one attached hydrogen (secondary N) is 2. The zero-order valence-corrected chi connectivity index (χ0v) is 30.7. The molecular weight excluding hydrogens is 670 g/mol. The molecule has 1 saturated heterocycles. The number of imide groups is 1. The number of benzene rings is 1. The van der Waals surface area contributed by atoms with E-state index >= 15 is 0 Å². The van der Waals surface area contributed by atoms with Crippen LogP contribution in [0.15, 0.2) is 18.2 Å². The van der Waals surface area contributed by atoms with Crippen molar-refractivity contribution in [3.05, 3.63) is 29.3 Å². The van der Waals surface area contributed by atoms with Crippen molar-refractivity contribution in [2.24, 2.45) is 17.3 Å². The molecule has 288 valence electrons. The van der Waals surface area contributed by atoms with Gasteiger partial charge in [0.2, 0.25) is 11.8 Å². The van der Waals surface area contributed by atoms with Gasteiger partial charge < -0.3 is 34.8 Å². The minimum Gasteiger partial charge on any atom is -0.493 e. The number of rotatable bonds is 21. The largest absolute Gasteiger partial charge is 0.493 e. The molecule has 2 saturated carbocycles. The molecule has 5 atom stereocenters. The van der Waals surface area contributed by atoms with E-state index in [1.54, 1.807) is 0 Å². The van der Waals surface area contributed by atoms with Crippen LogP contribution >= 0.6 is 0 Å².